The van der Waals surface area contributed by atoms with Crippen LogP contribution in [-0.4, -0.2) is 36.5 Å². The van der Waals surface area contributed by atoms with E-state index in [1.165, 1.54) is 19.2 Å². The first-order valence-electron chi connectivity index (χ1n) is 4.78. The SMILES string of the molecule is COC(=O)C(O)C(O)c1cc(Cl)cc(OC)c1. The molecule has 0 fully saturated rings. The van der Waals surface area contributed by atoms with E-state index in [-0.39, 0.29) is 5.56 Å². The zero-order chi connectivity index (χ0) is 13.0. The maximum atomic E-state index is 11.1. The maximum Gasteiger partial charge on any atom is 0.337 e. The summed E-state index contributed by atoms with van der Waals surface area (Å²) < 4.78 is 9.29. The van der Waals surface area contributed by atoms with Gasteiger partial charge in [-0.15, -0.1) is 0 Å². The Morgan fingerprint density at radius 1 is 1.29 bits per heavy atom. The molecule has 0 aliphatic rings. The second kappa shape index (κ2) is 5.86. The van der Waals surface area contributed by atoms with Crippen molar-refractivity contribution in [1.29, 1.82) is 0 Å². The van der Waals surface area contributed by atoms with Crippen LogP contribution in [0.4, 0.5) is 0 Å². The molecular weight excluding hydrogens is 248 g/mol. The smallest absolute Gasteiger partial charge is 0.337 e. The summed E-state index contributed by atoms with van der Waals surface area (Å²) in [5.41, 5.74) is 0.271. The van der Waals surface area contributed by atoms with Gasteiger partial charge >= 0.3 is 5.97 Å². The average Bonchev–Trinajstić information content (AvgIpc) is 2.35. The third kappa shape index (κ3) is 3.33. The summed E-state index contributed by atoms with van der Waals surface area (Å²) in [7, 11) is 2.56. The van der Waals surface area contributed by atoms with E-state index in [1.807, 2.05) is 0 Å². The van der Waals surface area contributed by atoms with E-state index >= 15 is 0 Å². The Labute approximate surface area is 104 Å². The van der Waals surface area contributed by atoms with E-state index in [0.717, 1.165) is 7.11 Å². The topological polar surface area (TPSA) is 76.0 Å². The molecule has 0 bridgehead atoms. The van der Waals surface area contributed by atoms with E-state index in [2.05, 4.69) is 4.74 Å². The number of benzene rings is 1. The quantitative estimate of drug-likeness (QED) is 0.787. The molecule has 0 aromatic heterocycles. The first-order valence-corrected chi connectivity index (χ1v) is 5.15. The van der Waals surface area contributed by atoms with Gasteiger partial charge in [0.1, 0.15) is 11.9 Å². The van der Waals surface area contributed by atoms with E-state index in [0.29, 0.717) is 10.8 Å². The second-order valence-electron chi connectivity index (χ2n) is 3.34. The molecule has 0 radical (unpaired) electrons. The molecule has 2 N–H and O–H groups in total. The van der Waals surface area contributed by atoms with Crippen molar-refractivity contribution in [3.63, 3.8) is 0 Å². The van der Waals surface area contributed by atoms with Crippen molar-refractivity contribution < 1.29 is 24.5 Å². The van der Waals surface area contributed by atoms with Gasteiger partial charge in [0.2, 0.25) is 0 Å². The lowest BCUT2D eigenvalue weighted by Crippen LogP contribution is -2.29. The number of halogens is 1. The molecule has 0 amide bonds. The van der Waals surface area contributed by atoms with E-state index in [4.69, 9.17) is 16.3 Å². The van der Waals surface area contributed by atoms with Gasteiger partial charge < -0.3 is 19.7 Å². The minimum Gasteiger partial charge on any atom is -0.497 e. The first kappa shape index (κ1) is 13.8. The molecule has 94 valence electrons. The molecule has 2 unspecified atom stereocenters. The highest BCUT2D eigenvalue weighted by atomic mass is 35.5. The summed E-state index contributed by atoms with van der Waals surface area (Å²) in [6.07, 6.45) is -3.08. The van der Waals surface area contributed by atoms with Crippen LogP contribution in [0.15, 0.2) is 18.2 Å². The van der Waals surface area contributed by atoms with Crippen molar-refractivity contribution in [3.8, 4) is 5.75 Å². The van der Waals surface area contributed by atoms with Gasteiger partial charge in [0.05, 0.1) is 14.2 Å². The number of carbonyl (C=O) groups is 1. The summed E-state index contributed by atoms with van der Waals surface area (Å²) >= 11 is 5.80. The molecule has 0 aliphatic carbocycles. The third-order valence-electron chi connectivity index (χ3n) is 2.21. The highest BCUT2D eigenvalue weighted by molar-refractivity contribution is 6.30. The largest absolute Gasteiger partial charge is 0.497 e. The maximum absolute atomic E-state index is 11.1. The monoisotopic (exact) mass is 260 g/mol. The molecule has 0 saturated carbocycles. The summed E-state index contributed by atoms with van der Waals surface area (Å²) in [5.74, 6) is -0.500. The summed E-state index contributed by atoms with van der Waals surface area (Å²) in [4.78, 5) is 11.1. The molecule has 0 saturated heterocycles. The number of carbonyl (C=O) groups excluding carboxylic acids is 1. The predicted molar refractivity (Wildman–Crippen MR) is 61.0 cm³/mol. The van der Waals surface area contributed by atoms with Crippen LogP contribution in [0.2, 0.25) is 5.02 Å². The molecule has 2 atom stereocenters. The minimum absolute atomic E-state index is 0.271. The lowest BCUT2D eigenvalue weighted by Gasteiger charge is -2.16. The Morgan fingerprint density at radius 3 is 2.47 bits per heavy atom. The van der Waals surface area contributed by atoms with Crippen molar-refractivity contribution in [1.82, 2.24) is 0 Å². The van der Waals surface area contributed by atoms with E-state index in [1.54, 1.807) is 6.07 Å². The lowest BCUT2D eigenvalue weighted by atomic mass is 10.0. The predicted octanol–water partition coefficient (Wildman–Crippen LogP) is 0.916. The van der Waals surface area contributed by atoms with E-state index < -0.39 is 18.2 Å². The molecule has 0 spiro atoms. The Morgan fingerprint density at radius 2 is 1.94 bits per heavy atom. The van der Waals surface area contributed by atoms with Gasteiger partial charge in [0.15, 0.2) is 6.10 Å². The van der Waals surface area contributed by atoms with Crippen molar-refractivity contribution in [2.45, 2.75) is 12.2 Å². The van der Waals surface area contributed by atoms with Crippen molar-refractivity contribution in [2.24, 2.45) is 0 Å². The fraction of sp³-hybridized carbons (Fsp3) is 0.364. The highest BCUT2D eigenvalue weighted by Crippen LogP contribution is 2.26. The number of hydrogen-bond acceptors (Lipinski definition) is 5. The first-order chi connectivity index (χ1) is 7.99. The van der Waals surface area contributed by atoms with E-state index in [9.17, 15) is 15.0 Å². The summed E-state index contributed by atoms with van der Waals surface area (Å²) in [6, 6.07) is 4.45. The van der Waals surface area contributed by atoms with Gasteiger partial charge in [0.25, 0.3) is 0 Å². The van der Waals surface area contributed by atoms with Gasteiger partial charge in [0, 0.05) is 5.02 Å². The molecular formula is C11H13ClO5. The van der Waals surface area contributed by atoms with Crippen molar-refractivity contribution in [3.05, 3.63) is 28.8 Å². The molecule has 1 aromatic rings. The van der Waals surface area contributed by atoms with Crippen LogP contribution in [0, 0.1) is 0 Å². The van der Waals surface area contributed by atoms with Gasteiger partial charge in [-0.05, 0) is 23.8 Å². The minimum atomic E-state index is -1.66. The zero-order valence-electron chi connectivity index (χ0n) is 9.38. The number of methoxy groups -OCH3 is 2. The fourth-order valence-electron chi connectivity index (χ4n) is 1.30. The van der Waals surface area contributed by atoms with Gasteiger partial charge in [-0.25, -0.2) is 4.79 Å². The molecule has 1 rings (SSSR count). The number of rotatable bonds is 4. The Hall–Kier alpha value is -1.30. The summed E-state index contributed by atoms with van der Waals surface area (Å²) in [5, 5.41) is 19.6. The van der Waals surface area contributed by atoms with Crippen molar-refractivity contribution >= 4 is 17.6 Å². The number of hydrogen-bond donors (Lipinski definition) is 2. The normalized spacial score (nSPS) is 13.9. The number of ether oxygens (including phenoxy) is 2. The van der Waals surface area contributed by atoms with Crippen LogP contribution in [0.5, 0.6) is 5.75 Å². The molecule has 5 nitrogen and oxygen atoms in total. The average molecular weight is 261 g/mol. The number of aliphatic hydroxyl groups is 2. The third-order valence-corrected chi connectivity index (χ3v) is 2.43. The highest BCUT2D eigenvalue weighted by Gasteiger charge is 2.27. The van der Waals surface area contributed by atoms with Gasteiger partial charge in [-0.1, -0.05) is 11.6 Å². The van der Waals surface area contributed by atoms with Crippen molar-refractivity contribution in [2.75, 3.05) is 14.2 Å². The molecule has 0 heterocycles. The Bertz CT molecular complexity index is 407. The fourth-order valence-corrected chi connectivity index (χ4v) is 1.54. The number of esters is 1. The van der Waals surface area contributed by atoms with Crippen LogP contribution in [0.25, 0.3) is 0 Å². The molecule has 0 aliphatic heterocycles. The second-order valence-corrected chi connectivity index (χ2v) is 3.77. The van der Waals surface area contributed by atoms with Gasteiger partial charge in [-0.3, -0.25) is 0 Å². The van der Waals surface area contributed by atoms with Crippen LogP contribution in [0.1, 0.15) is 11.7 Å². The molecule has 6 heteroatoms. The van der Waals surface area contributed by atoms with Crippen LogP contribution < -0.4 is 4.74 Å². The van der Waals surface area contributed by atoms with Gasteiger partial charge in [-0.2, -0.15) is 0 Å². The lowest BCUT2D eigenvalue weighted by molar-refractivity contribution is -0.156. The van der Waals surface area contributed by atoms with Crippen LogP contribution >= 0.6 is 11.6 Å². The van der Waals surface area contributed by atoms with Crippen LogP contribution in [-0.2, 0) is 9.53 Å². The molecule has 1 aromatic carbocycles. The molecule has 17 heavy (non-hydrogen) atoms. The van der Waals surface area contributed by atoms with Crippen LogP contribution in [0.3, 0.4) is 0 Å². The zero-order valence-corrected chi connectivity index (χ0v) is 10.1. The Balaban J connectivity index is 2.99. The standard InChI is InChI=1S/C11H13ClO5/c1-16-8-4-6(3-7(12)5-8)9(13)10(14)11(15)17-2/h3-5,9-10,13-14H,1-2H3. The summed E-state index contributed by atoms with van der Waals surface area (Å²) in [6.45, 7) is 0. The Kier molecular flexibility index (Phi) is 4.74. The number of aliphatic hydroxyl groups excluding tert-OH is 2.